The highest BCUT2D eigenvalue weighted by molar-refractivity contribution is 5.98. The van der Waals surface area contributed by atoms with E-state index in [0.717, 1.165) is 89.6 Å². The van der Waals surface area contributed by atoms with Crippen LogP contribution in [0.1, 0.15) is 47.4 Å². The fraction of sp³-hybridized carbons (Fsp3) is 0.0678. The molecule has 2 aliphatic carbocycles. The van der Waals surface area contributed by atoms with Crippen molar-refractivity contribution in [2.24, 2.45) is 0 Å². The van der Waals surface area contributed by atoms with Crippen LogP contribution in [0.4, 0.5) is 0 Å². The minimum absolute atomic E-state index is 0.348. The number of fused-ring (bicyclic) bond motifs is 12. The number of hydrogen-bond donors (Lipinski definition) is 0. The van der Waals surface area contributed by atoms with Crippen molar-refractivity contribution in [3.8, 4) is 90.6 Å². The van der Waals surface area contributed by atoms with Gasteiger partial charge in [-0.25, -0.2) is 24.9 Å². The number of benzene rings is 8. The zero-order chi connectivity index (χ0) is 43.3. The largest absolute Gasteiger partial charge is 0.457 e. The molecule has 6 nitrogen and oxygen atoms in total. The minimum Gasteiger partial charge on any atom is -0.457 e. The predicted molar refractivity (Wildman–Crippen MR) is 258 cm³/mol. The van der Waals surface area contributed by atoms with E-state index in [1.54, 1.807) is 0 Å². The van der Waals surface area contributed by atoms with Crippen molar-refractivity contribution in [2.75, 3.05) is 0 Å². The lowest BCUT2D eigenvalue weighted by molar-refractivity contribution is 0.436. The molecular weight excluding hydrogens is 795 g/mol. The number of nitrogens with zero attached hydrogens (tertiary/aromatic N) is 5. The number of hydrogen-bond acceptors (Lipinski definition) is 6. The van der Waals surface area contributed by atoms with Crippen molar-refractivity contribution >= 4 is 0 Å². The fourth-order valence-electron chi connectivity index (χ4n) is 10.7. The van der Waals surface area contributed by atoms with Crippen LogP contribution in [0.15, 0.2) is 200 Å². The van der Waals surface area contributed by atoms with Crippen LogP contribution in [0.25, 0.3) is 79.1 Å². The highest BCUT2D eigenvalue weighted by Crippen LogP contribution is 2.64. The van der Waals surface area contributed by atoms with Crippen LogP contribution in [0.2, 0.25) is 0 Å². The van der Waals surface area contributed by atoms with Gasteiger partial charge in [-0.2, -0.15) is 0 Å². The molecule has 306 valence electrons. The fourth-order valence-corrected chi connectivity index (χ4v) is 10.7. The Labute approximate surface area is 377 Å². The quantitative estimate of drug-likeness (QED) is 0.172. The molecule has 0 amide bonds. The summed E-state index contributed by atoms with van der Waals surface area (Å²) in [7, 11) is 0. The average Bonchev–Trinajstić information content (AvgIpc) is 3.79. The third-order valence-corrected chi connectivity index (χ3v) is 13.6. The molecule has 2 aromatic heterocycles. The minimum atomic E-state index is -0.770. The topological polar surface area (TPSA) is 73.7 Å². The highest BCUT2D eigenvalue weighted by atomic mass is 16.5. The zero-order valence-electron chi connectivity index (χ0n) is 35.7. The van der Waals surface area contributed by atoms with E-state index in [4.69, 9.17) is 29.7 Å². The number of aromatic nitrogens is 5. The molecule has 13 rings (SSSR count). The third kappa shape index (κ3) is 5.44. The van der Waals surface area contributed by atoms with Crippen LogP contribution < -0.4 is 4.74 Å². The van der Waals surface area contributed by atoms with E-state index >= 15 is 0 Å². The molecule has 0 fully saturated rings. The Bertz CT molecular complexity index is 3450. The predicted octanol–water partition coefficient (Wildman–Crippen LogP) is 13.8. The average molecular weight is 834 g/mol. The SMILES string of the molecule is CC1(C)c2ccccc2-c2c(-c3ccccc3)nc(-c3cccc4c3-c3ccc(-c5nc(-c6ccccc6)nc(-c6ccccc6)n5)cc3C43c4ccccc4Oc4ccccc43)nc21. The first-order valence-corrected chi connectivity index (χ1v) is 22.1. The summed E-state index contributed by atoms with van der Waals surface area (Å²) in [6, 6.07) is 69.8. The van der Waals surface area contributed by atoms with E-state index in [9.17, 15) is 0 Å². The van der Waals surface area contributed by atoms with Gasteiger partial charge in [0.15, 0.2) is 23.3 Å². The molecular formula is C59H39N5O. The Kier molecular flexibility index (Phi) is 8.06. The van der Waals surface area contributed by atoms with Crippen LogP contribution >= 0.6 is 0 Å². The van der Waals surface area contributed by atoms with Crippen LogP contribution in [-0.4, -0.2) is 24.9 Å². The Balaban J connectivity index is 1.10. The van der Waals surface area contributed by atoms with Crippen molar-refractivity contribution in [1.29, 1.82) is 0 Å². The standard InChI is InChI=1S/C59H39N5O/c1-58(2)43-27-13-12-25-40(43)51-52(36-19-6-3-7-20-36)60-57(61-53(51)58)42-26-18-30-46-50(42)41-34-33-39(35-47(41)59(46)44-28-14-16-31-48(44)65-49-32-17-15-29-45(49)59)56-63-54(37-21-8-4-9-22-37)62-55(64-56)38-23-10-5-11-24-38/h3-35H,1-2H3. The molecule has 0 N–H and O–H groups in total. The molecule has 3 aliphatic rings. The molecule has 65 heavy (non-hydrogen) atoms. The van der Waals surface area contributed by atoms with Gasteiger partial charge in [0.2, 0.25) is 0 Å². The van der Waals surface area contributed by atoms with E-state index < -0.39 is 5.41 Å². The summed E-state index contributed by atoms with van der Waals surface area (Å²) in [4.78, 5) is 26.6. The van der Waals surface area contributed by atoms with Crippen LogP contribution in [0.3, 0.4) is 0 Å². The molecule has 3 heterocycles. The number of ether oxygens (including phenoxy) is 1. The Morgan fingerprint density at radius 2 is 0.831 bits per heavy atom. The van der Waals surface area contributed by atoms with Gasteiger partial charge in [0, 0.05) is 49.9 Å². The first-order valence-electron chi connectivity index (χ1n) is 22.1. The smallest absolute Gasteiger partial charge is 0.164 e. The maximum atomic E-state index is 6.76. The van der Waals surface area contributed by atoms with Gasteiger partial charge in [-0.05, 0) is 51.6 Å². The molecule has 0 bridgehead atoms. The lowest BCUT2D eigenvalue weighted by Gasteiger charge is -2.39. The molecule has 6 heteroatoms. The lowest BCUT2D eigenvalue weighted by atomic mass is 9.66. The highest BCUT2D eigenvalue weighted by Gasteiger charge is 2.52. The van der Waals surface area contributed by atoms with Gasteiger partial charge in [-0.3, -0.25) is 0 Å². The summed E-state index contributed by atoms with van der Waals surface area (Å²) in [5.74, 6) is 4.15. The van der Waals surface area contributed by atoms with E-state index in [2.05, 4.69) is 141 Å². The second kappa shape index (κ2) is 14.1. The molecule has 8 aromatic carbocycles. The van der Waals surface area contributed by atoms with Gasteiger partial charge in [-0.1, -0.05) is 196 Å². The number of rotatable bonds is 5. The molecule has 0 atom stereocenters. The Morgan fingerprint density at radius 3 is 1.46 bits per heavy atom. The van der Waals surface area contributed by atoms with Gasteiger partial charge >= 0.3 is 0 Å². The summed E-state index contributed by atoms with van der Waals surface area (Å²) < 4.78 is 6.76. The molecule has 1 spiro atoms. The van der Waals surface area contributed by atoms with Crippen molar-refractivity contribution < 1.29 is 4.74 Å². The first kappa shape index (κ1) is 37.2. The van der Waals surface area contributed by atoms with Gasteiger partial charge in [-0.15, -0.1) is 0 Å². The van der Waals surface area contributed by atoms with Gasteiger partial charge in [0.05, 0.1) is 16.8 Å². The lowest BCUT2D eigenvalue weighted by Crippen LogP contribution is -2.32. The maximum Gasteiger partial charge on any atom is 0.164 e. The second-order valence-electron chi connectivity index (χ2n) is 17.5. The van der Waals surface area contributed by atoms with Crippen LogP contribution in [0, 0.1) is 0 Å². The third-order valence-electron chi connectivity index (χ3n) is 13.6. The molecule has 10 aromatic rings. The van der Waals surface area contributed by atoms with E-state index in [0.29, 0.717) is 23.3 Å². The summed E-state index contributed by atoms with van der Waals surface area (Å²) in [5, 5.41) is 0. The van der Waals surface area contributed by atoms with Crippen LogP contribution in [-0.2, 0) is 10.8 Å². The summed E-state index contributed by atoms with van der Waals surface area (Å²) in [6.07, 6.45) is 0. The van der Waals surface area contributed by atoms with Crippen molar-refractivity contribution in [1.82, 2.24) is 24.9 Å². The van der Waals surface area contributed by atoms with Gasteiger partial charge < -0.3 is 4.74 Å². The molecule has 0 radical (unpaired) electrons. The zero-order valence-corrected chi connectivity index (χ0v) is 35.7. The summed E-state index contributed by atoms with van der Waals surface area (Å²) >= 11 is 0. The molecule has 0 saturated carbocycles. The molecule has 0 saturated heterocycles. The Morgan fingerprint density at radius 1 is 0.338 bits per heavy atom. The van der Waals surface area contributed by atoms with Crippen molar-refractivity contribution in [3.63, 3.8) is 0 Å². The van der Waals surface area contributed by atoms with Crippen molar-refractivity contribution in [3.05, 3.63) is 234 Å². The van der Waals surface area contributed by atoms with Gasteiger partial charge in [0.25, 0.3) is 0 Å². The summed E-state index contributed by atoms with van der Waals surface area (Å²) in [5.41, 5.74) is 15.7. The normalized spacial score (nSPS) is 14.1. The maximum absolute atomic E-state index is 6.76. The second-order valence-corrected chi connectivity index (χ2v) is 17.5. The monoisotopic (exact) mass is 833 g/mol. The van der Waals surface area contributed by atoms with E-state index in [-0.39, 0.29) is 5.41 Å². The van der Waals surface area contributed by atoms with Crippen molar-refractivity contribution in [2.45, 2.75) is 24.7 Å². The molecule has 1 aliphatic heterocycles. The molecule has 0 unspecified atom stereocenters. The van der Waals surface area contributed by atoms with Crippen LogP contribution in [0.5, 0.6) is 11.5 Å². The first-order chi connectivity index (χ1) is 32.0. The van der Waals surface area contributed by atoms with E-state index in [1.807, 2.05) is 72.8 Å². The van der Waals surface area contributed by atoms with E-state index in [1.165, 1.54) is 11.1 Å². The number of para-hydroxylation sites is 2. The Hall–Kier alpha value is -8.35. The van der Waals surface area contributed by atoms with Gasteiger partial charge in [0.1, 0.15) is 11.5 Å². The summed E-state index contributed by atoms with van der Waals surface area (Å²) in [6.45, 7) is 4.57.